The summed E-state index contributed by atoms with van der Waals surface area (Å²) < 4.78 is 6.76. The van der Waals surface area contributed by atoms with E-state index in [9.17, 15) is 4.79 Å². The number of aromatic nitrogens is 2. The number of benzene rings is 1. The van der Waals surface area contributed by atoms with Crippen LogP contribution in [0.5, 0.6) is 5.75 Å². The number of hydrogen-bond acceptors (Lipinski definition) is 4. The summed E-state index contributed by atoms with van der Waals surface area (Å²) in [5, 5.41) is 4.10. The Bertz CT molecular complexity index is 693. The summed E-state index contributed by atoms with van der Waals surface area (Å²) in [6, 6.07) is 5.60. The third kappa shape index (κ3) is 2.27. The number of hydrogen-bond donors (Lipinski definition) is 1. The largest absolute Gasteiger partial charge is 0.494 e. The van der Waals surface area contributed by atoms with Crippen LogP contribution in [0.25, 0.3) is 10.9 Å². The quantitative estimate of drug-likeness (QED) is 0.877. The average Bonchev–Trinajstić information content (AvgIpc) is 2.96. The van der Waals surface area contributed by atoms with Crippen LogP contribution >= 0.6 is 11.6 Å². The van der Waals surface area contributed by atoms with Crippen LogP contribution in [-0.2, 0) is 6.54 Å². The molecule has 1 fully saturated rings. The fourth-order valence-electron chi connectivity index (χ4n) is 2.65. The molecular weight excluding hydrogens is 278 g/mol. The Morgan fingerprint density at radius 2 is 2.40 bits per heavy atom. The fraction of sp³-hybridized carbons (Fsp3) is 0.429. The van der Waals surface area contributed by atoms with Gasteiger partial charge in [-0.2, -0.15) is 0 Å². The molecular formula is C14H16ClN3O2. The smallest absolute Gasteiger partial charge is 0.262 e. The number of para-hydroxylation sites is 1. The fourth-order valence-corrected chi connectivity index (χ4v) is 2.88. The van der Waals surface area contributed by atoms with Gasteiger partial charge in [0, 0.05) is 12.6 Å². The van der Waals surface area contributed by atoms with Gasteiger partial charge in [-0.05, 0) is 43.1 Å². The molecule has 0 radical (unpaired) electrons. The van der Waals surface area contributed by atoms with Crippen LogP contribution in [0.3, 0.4) is 0 Å². The van der Waals surface area contributed by atoms with Crippen molar-refractivity contribution in [1.29, 1.82) is 0 Å². The molecule has 1 atom stereocenters. The highest BCUT2D eigenvalue weighted by Crippen LogP contribution is 2.22. The van der Waals surface area contributed by atoms with Crippen molar-refractivity contribution in [3.63, 3.8) is 0 Å². The topological polar surface area (TPSA) is 56.1 Å². The first-order valence-electron chi connectivity index (χ1n) is 6.67. The molecule has 0 bridgehead atoms. The molecule has 0 aliphatic carbocycles. The van der Waals surface area contributed by atoms with Crippen LogP contribution in [0.4, 0.5) is 0 Å². The van der Waals surface area contributed by atoms with Crippen molar-refractivity contribution in [2.24, 2.45) is 0 Å². The van der Waals surface area contributed by atoms with Gasteiger partial charge in [0.1, 0.15) is 11.3 Å². The van der Waals surface area contributed by atoms with Gasteiger partial charge >= 0.3 is 0 Å². The van der Waals surface area contributed by atoms with Gasteiger partial charge in [0.05, 0.1) is 12.5 Å². The molecule has 1 aromatic heterocycles. The predicted molar refractivity (Wildman–Crippen MR) is 78.6 cm³/mol. The molecule has 1 aliphatic rings. The number of rotatable bonds is 3. The summed E-state index contributed by atoms with van der Waals surface area (Å²) in [6.45, 7) is 1.55. The van der Waals surface area contributed by atoms with Crippen molar-refractivity contribution in [3.05, 3.63) is 33.8 Å². The Kier molecular flexibility index (Phi) is 3.63. The number of ether oxygens (including phenoxy) is 1. The lowest BCUT2D eigenvalue weighted by molar-refractivity contribution is 0.418. The third-order valence-electron chi connectivity index (χ3n) is 3.69. The molecule has 1 aromatic carbocycles. The second kappa shape index (κ2) is 5.42. The Labute approximate surface area is 121 Å². The molecule has 20 heavy (non-hydrogen) atoms. The van der Waals surface area contributed by atoms with Crippen molar-refractivity contribution < 1.29 is 4.74 Å². The number of halogens is 1. The molecule has 0 saturated carbocycles. The van der Waals surface area contributed by atoms with Gasteiger partial charge < -0.3 is 10.1 Å². The number of methoxy groups -OCH3 is 1. The van der Waals surface area contributed by atoms with Gasteiger partial charge in [-0.15, -0.1) is 0 Å². The maximum atomic E-state index is 12.6. The Morgan fingerprint density at radius 3 is 3.10 bits per heavy atom. The van der Waals surface area contributed by atoms with E-state index in [4.69, 9.17) is 16.3 Å². The van der Waals surface area contributed by atoms with E-state index < -0.39 is 0 Å². The number of fused-ring (bicyclic) bond motifs is 1. The van der Waals surface area contributed by atoms with Crippen LogP contribution in [0.1, 0.15) is 12.8 Å². The summed E-state index contributed by atoms with van der Waals surface area (Å²) >= 11 is 6.18. The molecule has 106 valence electrons. The van der Waals surface area contributed by atoms with Crippen LogP contribution in [0.2, 0.25) is 5.28 Å². The first-order chi connectivity index (χ1) is 9.70. The van der Waals surface area contributed by atoms with Gasteiger partial charge in [-0.25, -0.2) is 4.98 Å². The van der Waals surface area contributed by atoms with Gasteiger partial charge in [0.25, 0.3) is 5.56 Å². The summed E-state index contributed by atoms with van der Waals surface area (Å²) in [4.78, 5) is 16.9. The Morgan fingerprint density at radius 1 is 1.55 bits per heavy atom. The zero-order chi connectivity index (χ0) is 14.1. The van der Waals surface area contributed by atoms with E-state index in [2.05, 4.69) is 10.3 Å². The van der Waals surface area contributed by atoms with Crippen molar-refractivity contribution >= 4 is 22.5 Å². The molecule has 1 aliphatic heterocycles. The van der Waals surface area contributed by atoms with E-state index in [1.807, 2.05) is 0 Å². The molecule has 1 saturated heterocycles. The van der Waals surface area contributed by atoms with E-state index in [0.29, 0.717) is 23.2 Å². The summed E-state index contributed by atoms with van der Waals surface area (Å²) in [6.07, 6.45) is 2.19. The highest BCUT2D eigenvalue weighted by molar-refractivity contribution is 6.28. The summed E-state index contributed by atoms with van der Waals surface area (Å²) in [5.74, 6) is 0.563. The first-order valence-corrected chi connectivity index (χ1v) is 7.05. The summed E-state index contributed by atoms with van der Waals surface area (Å²) in [5.41, 5.74) is 0.397. The van der Waals surface area contributed by atoms with Crippen molar-refractivity contribution in [1.82, 2.24) is 14.9 Å². The maximum Gasteiger partial charge on any atom is 0.262 e. The number of nitrogens with one attached hydrogen (secondary N) is 1. The van der Waals surface area contributed by atoms with Gasteiger partial charge in [0.2, 0.25) is 5.28 Å². The zero-order valence-electron chi connectivity index (χ0n) is 11.2. The Hall–Kier alpha value is -1.59. The minimum atomic E-state index is -0.118. The second-order valence-electron chi connectivity index (χ2n) is 4.95. The summed E-state index contributed by atoms with van der Waals surface area (Å²) in [7, 11) is 1.55. The molecule has 1 N–H and O–H groups in total. The first kappa shape index (κ1) is 13.4. The SMILES string of the molecule is COc1cccc2c(=O)n(CC3CCCN3)c(Cl)nc12. The normalized spacial score (nSPS) is 18.6. The van der Waals surface area contributed by atoms with Gasteiger partial charge in [-0.1, -0.05) is 6.07 Å². The lowest BCUT2D eigenvalue weighted by atomic mass is 10.2. The van der Waals surface area contributed by atoms with Crippen molar-refractivity contribution in [3.8, 4) is 5.75 Å². The van der Waals surface area contributed by atoms with Gasteiger partial charge in [-0.3, -0.25) is 9.36 Å². The van der Waals surface area contributed by atoms with E-state index in [0.717, 1.165) is 19.4 Å². The molecule has 5 nitrogen and oxygen atoms in total. The van der Waals surface area contributed by atoms with Crippen LogP contribution in [0, 0.1) is 0 Å². The average molecular weight is 294 g/mol. The van der Waals surface area contributed by atoms with Gasteiger partial charge in [0.15, 0.2) is 0 Å². The van der Waals surface area contributed by atoms with E-state index >= 15 is 0 Å². The molecule has 2 heterocycles. The monoisotopic (exact) mass is 293 g/mol. The predicted octanol–water partition coefficient (Wildman–Crippen LogP) is 1.81. The maximum absolute atomic E-state index is 12.6. The molecule has 6 heteroatoms. The Balaban J connectivity index is 2.11. The second-order valence-corrected chi connectivity index (χ2v) is 5.28. The molecule has 0 amide bonds. The third-order valence-corrected chi connectivity index (χ3v) is 3.98. The lowest BCUT2D eigenvalue weighted by Gasteiger charge is -2.15. The van der Waals surface area contributed by atoms with E-state index in [1.54, 1.807) is 25.3 Å². The van der Waals surface area contributed by atoms with Crippen molar-refractivity contribution in [2.75, 3.05) is 13.7 Å². The minimum Gasteiger partial charge on any atom is -0.494 e. The van der Waals surface area contributed by atoms with E-state index in [1.165, 1.54) is 4.57 Å². The zero-order valence-corrected chi connectivity index (χ0v) is 12.0. The van der Waals surface area contributed by atoms with Crippen LogP contribution < -0.4 is 15.6 Å². The highest BCUT2D eigenvalue weighted by Gasteiger charge is 2.19. The van der Waals surface area contributed by atoms with Crippen LogP contribution in [-0.4, -0.2) is 29.2 Å². The van der Waals surface area contributed by atoms with Crippen LogP contribution in [0.15, 0.2) is 23.0 Å². The molecule has 0 spiro atoms. The van der Waals surface area contributed by atoms with E-state index in [-0.39, 0.29) is 16.9 Å². The molecule has 3 rings (SSSR count). The number of nitrogens with zero attached hydrogens (tertiary/aromatic N) is 2. The molecule has 1 unspecified atom stereocenters. The minimum absolute atomic E-state index is 0.118. The van der Waals surface area contributed by atoms with Crippen molar-refractivity contribution in [2.45, 2.75) is 25.4 Å². The standard InChI is InChI=1S/C14H16ClN3O2/c1-20-11-6-2-5-10-12(11)17-14(15)18(13(10)19)8-9-4-3-7-16-9/h2,5-6,9,16H,3-4,7-8H2,1H3. The molecule has 2 aromatic rings. The lowest BCUT2D eigenvalue weighted by Crippen LogP contribution is -2.33. The highest BCUT2D eigenvalue weighted by atomic mass is 35.5.